The summed E-state index contributed by atoms with van der Waals surface area (Å²) < 4.78 is 26.4. The molecule has 3 rings (SSSR count). The van der Waals surface area contributed by atoms with Crippen LogP contribution in [0.5, 0.6) is 11.5 Å². The van der Waals surface area contributed by atoms with Crippen LogP contribution in [-0.4, -0.2) is 19.8 Å². The second-order valence-corrected chi connectivity index (χ2v) is 6.41. The Labute approximate surface area is 126 Å². The zero-order valence-corrected chi connectivity index (χ0v) is 13.0. The third-order valence-electron chi connectivity index (χ3n) is 4.44. The maximum Gasteiger partial charge on any atom is 0.178 e. The highest BCUT2D eigenvalue weighted by Crippen LogP contribution is 2.48. The van der Waals surface area contributed by atoms with E-state index in [1.165, 1.54) is 0 Å². The third kappa shape index (κ3) is 2.21. The molecule has 1 aliphatic heterocycles. The van der Waals surface area contributed by atoms with Crippen LogP contribution in [0.4, 0.5) is 4.39 Å². The number of benzene rings is 1. The zero-order valence-electron chi connectivity index (χ0n) is 11.4. The molecule has 0 saturated heterocycles. The summed E-state index contributed by atoms with van der Waals surface area (Å²) in [6, 6.07) is 1.80. The SMILES string of the molecule is NCC1(c2cc3c(c(Br)c2F)OCCCO3)CCCC1. The lowest BCUT2D eigenvalue weighted by Gasteiger charge is -2.29. The Bertz CT molecular complexity index is 515. The van der Waals surface area contributed by atoms with E-state index < -0.39 is 0 Å². The topological polar surface area (TPSA) is 44.5 Å². The highest BCUT2D eigenvalue weighted by Gasteiger charge is 2.38. The van der Waals surface area contributed by atoms with Gasteiger partial charge in [-0.15, -0.1) is 0 Å². The second-order valence-electron chi connectivity index (χ2n) is 5.62. The van der Waals surface area contributed by atoms with Gasteiger partial charge in [0.2, 0.25) is 0 Å². The summed E-state index contributed by atoms with van der Waals surface area (Å²) in [7, 11) is 0. The van der Waals surface area contributed by atoms with Crippen LogP contribution in [0.1, 0.15) is 37.7 Å². The fourth-order valence-electron chi connectivity index (χ4n) is 3.26. The monoisotopic (exact) mass is 343 g/mol. The smallest absolute Gasteiger partial charge is 0.178 e. The molecule has 1 saturated carbocycles. The van der Waals surface area contributed by atoms with Crippen molar-refractivity contribution in [3.63, 3.8) is 0 Å². The molecule has 2 aliphatic rings. The van der Waals surface area contributed by atoms with E-state index in [2.05, 4.69) is 15.9 Å². The number of halogens is 2. The van der Waals surface area contributed by atoms with Crippen molar-refractivity contribution in [2.24, 2.45) is 5.73 Å². The van der Waals surface area contributed by atoms with Gasteiger partial charge in [-0.3, -0.25) is 0 Å². The van der Waals surface area contributed by atoms with E-state index in [0.717, 1.165) is 32.1 Å². The van der Waals surface area contributed by atoms with Gasteiger partial charge in [0.1, 0.15) is 5.82 Å². The van der Waals surface area contributed by atoms with Gasteiger partial charge in [-0.2, -0.15) is 0 Å². The molecule has 20 heavy (non-hydrogen) atoms. The van der Waals surface area contributed by atoms with Crippen LogP contribution in [0.3, 0.4) is 0 Å². The lowest BCUT2D eigenvalue weighted by atomic mass is 9.78. The maximum absolute atomic E-state index is 14.8. The summed E-state index contributed by atoms with van der Waals surface area (Å²) in [4.78, 5) is 0. The van der Waals surface area contributed by atoms with Gasteiger partial charge < -0.3 is 15.2 Å². The molecule has 3 nitrogen and oxygen atoms in total. The van der Waals surface area contributed by atoms with Gasteiger partial charge in [0.25, 0.3) is 0 Å². The van der Waals surface area contributed by atoms with Crippen molar-refractivity contribution >= 4 is 15.9 Å². The molecular formula is C15H19BrFNO2. The minimum atomic E-state index is -0.253. The van der Waals surface area contributed by atoms with Crippen molar-refractivity contribution in [1.29, 1.82) is 0 Å². The molecule has 0 spiro atoms. The van der Waals surface area contributed by atoms with Crippen LogP contribution in [-0.2, 0) is 5.41 Å². The average Bonchev–Trinajstić information content (AvgIpc) is 2.82. The molecule has 0 aromatic heterocycles. The van der Waals surface area contributed by atoms with Crippen LogP contribution in [0.25, 0.3) is 0 Å². The molecule has 0 bridgehead atoms. The van der Waals surface area contributed by atoms with Crippen molar-refractivity contribution in [1.82, 2.24) is 0 Å². The number of fused-ring (bicyclic) bond motifs is 1. The molecule has 2 N–H and O–H groups in total. The van der Waals surface area contributed by atoms with Crippen LogP contribution < -0.4 is 15.2 Å². The highest BCUT2D eigenvalue weighted by atomic mass is 79.9. The molecule has 110 valence electrons. The van der Waals surface area contributed by atoms with Gasteiger partial charge in [0, 0.05) is 23.9 Å². The van der Waals surface area contributed by atoms with Crippen LogP contribution in [0.15, 0.2) is 10.5 Å². The summed E-state index contributed by atoms with van der Waals surface area (Å²) >= 11 is 3.33. The summed E-state index contributed by atoms with van der Waals surface area (Å²) in [6.45, 7) is 1.61. The fourth-order valence-corrected chi connectivity index (χ4v) is 3.79. The summed E-state index contributed by atoms with van der Waals surface area (Å²) in [5, 5.41) is 0. The first-order valence-corrected chi connectivity index (χ1v) is 7.95. The van der Waals surface area contributed by atoms with Gasteiger partial charge in [0.15, 0.2) is 11.5 Å². The van der Waals surface area contributed by atoms with Crippen LogP contribution in [0.2, 0.25) is 0 Å². The standard InChI is InChI=1S/C15H19BrFNO2/c16-12-13(17)10(15(9-18)4-1-2-5-15)8-11-14(12)20-7-3-6-19-11/h8H,1-7,9,18H2. The predicted molar refractivity (Wildman–Crippen MR) is 78.9 cm³/mol. The van der Waals surface area contributed by atoms with Gasteiger partial charge in [0.05, 0.1) is 17.7 Å². The van der Waals surface area contributed by atoms with Crippen molar-refractivity contribution in [2.45, 2.75) is 37.5 Å². The molecule has 0 radical (unpaired) electrons. The minimum absolute atomic E-state index is 0.249. The molecule has 1 aromatic carbocycles. The molecule has 0 amide bonds. The van der Waals surface area contributed by atoms with Gasteiger partial charge in [-0.05, 0) is 34.8 Å². The maximum atomic E-state index is 14.8. The van der Waals surface area contributed by atoms with Crippen molar-refractivity contribution in [3.05, 3.63) is 21.9 Å². The minimum Gasteiger partial charge on any atom is -0.490 e. The Balaban J connectivity index is 2.12. The van der Waals surface area contributed by atoms with Gasteiger partial charge in [-0.1, -0.05) is 12.8 Å². The summed E-state index contributed by atoms with van der Waals surface area (Å²) in [5.41, 5.74) is 6.39. The van der Waals surface area contributed by atoms with Gasteiger partial charge >= 0.3 is 0 Å². The molecule has 0 atom stereocenters. The van der Waals surface area contributed by atoms with Crippen molar-refractivity contribution in [2.75, 3.05) is 19.8 Å². The molecule has 1 heterocycles. The predicted octanol–water partition coefficient (Wildman–Crippen LogP) is 3.52. The lowest BCUT2D eigenvalue weighted by molar-refractivity contribution is 0.296. The van der Waals surface area contributed by atoms with Crippen molar-refractivity contribution in [3.8, 4) is 11.5 Å². The van der Waals surface area contributed by atoms with E-state index in [0.29, 0.717) is 41.3 Å². The van der Waals surface area contributed by atoms with E-state index in [1.54, 1.807) is 6.07 Å². The Morgan fingerprint density at radius 1 is 1.20 bits per heavy atom. The lowest BCUT2D eigenvalue weighted by Crippen LogP contribution is -2.33. The Hall–Kier alpha value is -0.810. The van der Waals surface area contributed by atoms with Crippen LogP contribution in [0, 0.1) is 5.82 Å². The van der Waals surface area contributed by atoms with Crippen LogP contribution >= 0.6 is 15.9 Å². The van der Waals surface area contributed by atoms with Crippen molar-refractivity contribution < 1.29 is 13.9 Å². The number of nitrogens with two attached hydrogens (primary N) is 1. The highest BCUT2D eigenvalue weighted by molar-refractivity contribution is 9.10. The van der Waals surface area contributed by atoms with E-state index in [1.807, 2.05) is 0 Å². The number of hydrogen-bond donors (Lipinski definition) is 1. The molecule has 1 aliphatic carbocycles. The van der Waals surface area contributed by atoms with Gasteiger partial charge in [-0.25, -0.2) is 4.39 Å². The number of ether oxygens (including phenoxy) is 2. The first kappa shape index (κ1) is 14.1. The third-order valence-corrected chi connectivity index (χ3v) is 5.15. The number of rotatable bonds is 2. The Kier molecular flexibility index (Phi) is 3.91. The average molecular weight is 344 g/mol. The Morgan fingerprint density at radius 3 is 2.60 bits per heavy atom. The molecule has 0 unspecified atom stereocenters. The van der Waals surface area contributed by atoms with E-state index >= 15 is 0 Å². The zero-order chi connectivity index (χ0) is 14.2. The molecule has 1 fully saturated rings. The Morgan fingerprint density at radius 2 is 1.90 bits per heavy atom. The molecule has 5 heteroatoms. The quantitative estimate of drug-likeness (QED) is 0.893. The normalized spacial score (nSPS) is 20.8. The second kappa shape index (κ2) is 5.53. The van der Waals surface area contributed by atoms with E-state index in [9.17, 15) is 4.39 Å². The van der Waals surface area contributed by atoms with E-state index in [-0.39, 0.29) is 11.2 Å². The first-order chi connectivity index (χ1) is 9.68. The largest absolute Gasteiger partial charge is 0.490 e. The summed E-state index contributed by atoms with van der Waals surface area (Å²) in [5.74, 6) is 0.862. The summed E-state index contributed by atoms with van der Waals surface area (Å²) in [6.07, 6.45) is 4.88. The first-order valence-electron chi connectivity index (χ1n) is 7.16. The fraction of sp³-hybridized carbons (Fsp3) is 0.600. The van der Waals surface area contributed by atoms with E-state index in [4.69, 9.17) is 15.2 Å². The molecule has 1 aromatic rings. The molecular weight excluding hydrogens is 325 g/mol. The number of hydrogen-bond acceptors (Lipinski definition) is 3.